The number of thiophene rings is 1. The van der Waals surface area contributed by atoms with Crippen molar-refractivity contribution in [3.05, 3.63) is 46.6 Å². The Kier molecular flexibility index (Phi) is 3.60. The summed E-state index contributed by atoms with van der Waals surface area (Å²) < 4.78 is 1.48. The molecule has 2 N–H and O–H groups in total. The van der Waals surface area contributed by atoms with Crippen molar-refractivity contribution in [3.8, 4) is 10.8 Å². The Morgan fingerprint density at radius 3 is 2.64 bits per heavy atom. The zero-order valence-electron chi connectivity index (χ0n) is 11.9. The van der Waals surface area contributed by atoms with Crippen LogP contribution >= 0.6 is 11.3 Å². The van der Waals surface area contributed by atoms with Gasteiger partial charge in [-0.3, -0.25) is 4.79 Å². The summed E-state index contributed by atoms with van der Waals surface area (Å²) in [4.78, 5) is 13.6. The van der Waals surface area contributed by atoms with Crippen LogP contribution in [-0.2, 0) is 0 Å². The van der Waals surface area contributed by atoms with E-state index in [0.29, 0.717) is 16.3 Å². The van der Waals surface area contributed by atoms with E-state index in [4.69, 9.17) is 0 Å². The van der Waals surface area contributed by atoms with Crippen molar-refractivity contribution < 1.29 is 9.90 Å². The summed E-state index contributed by atoms with van der Waals surface area (Å²) in [6.45, 7) is 3.84. The SMILES string of the molecule is Cc1sc(-n2cnnn2)c(C(=O)Nc2ccc(O)cc2)c1C. The van der Waals surface area contributed by atoms with Crippen LogP contribution in [0.4, 0.5) is 5.69 Å². The summed E-state index contributed by atoms with van der Waals surface area (Å²) in [5.41, 5.74) is 2.04. The highest BCUT2D eigenvalue weighted by Crippen LogP contribution is 2.30. The van der Waals surface area contributed by atoms with Crippen molar-refractivity contribution in [2.45, 2.75) is 13.8 Å². The number of aromatic nitrogens is 4. The molecule has 0 saturated heterocycles. The predicted molar refractivity (Wildman–Crippen MR) is 82.6 cm³/mol. The molecule has 112 valence electrons. The minimum atomic E-state index is -0.238. The summed E-state index contributed by atoms with van der Waals surface area (Å²) in [5, 5.41) is 23.9. The number of carbonyl (C=O) groups is 1. The average Bonchev–Trinajstić information content (AvgIpc) is 3.11. The molecule has 0 spiro atoms. The Bertz CT molecular complexity index is 809. The first-order valence-electron chi connectivity index (χ1n) is 6.50. The number of hydrogen-bond acceptors (Lipinski definition) is 6. The van der Waals surface area contributed by atoms with Gasteiger partial charge in [-0.25, -0.2) is 0 Å². The third-order valence-corrected chi connectivity index (χ3v) is 4.47. The van der Waals surface area contributed by atoms with Crippen molar-refractivity contribution >= 4 is 22.9 Å². The van der Waals surface area contributed by atoms with Gasteiger partial charge in [-0.1, -0.05) is 0 Å². The zero-order valence-corrected chi connectivity index (χ0v) is 12.8. The number of phenols is 1. The molecular weight excluding hydrogens is 302 g/mol. The molecule has 8 heteroatoms. The molecule has 1 aromatic carbocycles. The molecule has 0 bridgehead atoms. The molecule has 2 aromatic heterocycles. The highest BCUT2D eigenvalue weighted by molar-refractivity contribution is 7.15. The van der Waals surface area contributed by atoms with Crippen LogP contribution in [0.25, 0.3) is 5.00 Å². The second kappa shape index (κ2) is 5.57. The number of carbonyl (C=O) groups excluding carboxylic acids is 1. The molecular formula is C14H13N5O2S. The fourth-order valence-corrected chi connectivity index (χ4v) is 3.10. The Labute approximate surface area is 130 Å². The number of anilines is 1. The summed E-state index contributed by atoms with van der Waals surface area (Å²) in [7, 11) is 0. The van der Waals surface area contributed by atoms with Crippen LogP contribution in [0.1, 0.15) is 20.8 Å². The first kappa shape index (κ1) is 14.2. The monoisotopic (exact) mass is 315 g/mol. The Hall–Kier alpha value is -2.74. The molecule has 1 amide bonds. The molecule has 0 fully saturated rings. The number of amides is 1. The maximum atomic E-state index is 12.6. The van der Waals surface area contributed by atoms with Crippen LogP contribution in [-0.4, -0.2) is 31.2 Å². The first-order valence-corrected chi connectivity index (χ1v) is 7.31. The summed E-state index contributed by atoms with van der Waals surface area (Å²) in [6.07, 6.45) is 1.46. The second-order valence-corrected chi connectivity index (χ2v) is 5.92. The van der Waals surface area contributed by atoms with E-state index in [1.807, 2.05) is 13.8 Å². The Morgan fingerprint density at radius 2 is 2.00 bits per heavy atom. The molecule has 0 aliphatic heterocycles. The van der Waals surface area contributed by atoms with Crippen molar-refractivity contribution in [1.82, 2.24) is 20.2 Å². The van der Waals surface area contributed by atoms with Gasteiger partial charge in [0.05, 0.1) is 5.56 Å². The summed E-state index contributed by atoms with van der Waals surface area (Å²) in [5.74, 6) is -0.0898. The van der Waals surface area contributed by atoms with Crippen molar-refractivity contribution in [3.63, 3.8) is 0 Å². The van der Waals surface area contributed by atoms with Gasteiger partial charge >= 0.3 is 0 Å². The predicted octanol–water partition coefficient (Wildman–Crippen LogP) is 2.30. The molecule has 7 nitrogen and oxygen atoms in total. The molecule has 0 unspecified atom stereocenters. The number of nitrogens with zero attached hydrogens (tertiary/aromatic N) is 4. The maximum absolute atomic E-state index is 12.6. The lowest BCUT2D eigenvalue weighted by atomic mass is 10.1. The van der Waals surface area contributed by atoms with Crippen LogP contribution in [0.3, 0.4) is 0 Å². The maximum Gasteiger partial charge on any atom is 0.259 e. The largest absolute Gasteiger partial charge is 0.508 e. The van der Waals surface area contributed by atoms with E-state index in [-0.39, 0.29) is 11.7 Å². The van der Waals surface area contributed by atoms with Gasteiger partial charge < -0.3 is 10.4 Å². The molecule has 0 atom stereocenters. The number of aromatic hydroxyl groups is 1. The lowest BCUT2D eigenvalue weighted by Crippen LogP contribution is -2.15. The molecule has 3 aromatic rings. The average molecular weight is 315 g/mol. The molecule has 0 aliphatic carbocycles. The van der Waals surface area contributed by atoms with Gasteiger partial charge in [0.25, 0.3) is 5.91 Å². The van der Waals surface area contributed by atoms with E-state index in [9.17, 15) is 9.90 Å². The quantitative estimate of drug-likeness (QED) is 0.723. The van der Waals surface area contributed by atoms with E-state index in [0.717, 1.165) is 10.4 Å². The first-order chi connectivity index (χ1) is 10.6. The third kappa shape index (κ3) is 2.56. The van der Waals surface area contributed by atoms with Crippen LogP contribution < -0.4 is 5.32 Å². The second-order valence-electron chi connectivity index (χ2n) is 4.72. The van der Waals surface area contributed by atoms with Crippen LogP contribution in [0, 0.1) is 13.8 Å². The van der Waals surface area contributed by atoms with Gasteiger partial charge in [0.15, 0.2) is 0 Å². The Morgan fingerprint density at radius 1 is 1.27 bits per heavy atom. The van der Waals surface area contributed by atoms with E-state index in [2.05, 4.69) is 20.8 Å². The van der Waals surface area contributed by atoms with Crippen LogP contribution in [0.15, 0.2) is 30.6 Å². The summed E-state index contributed by atoms with van der Waals surface area (Å²) in [6, 6.07) is 6.31. The van der Waals surface area contributed by atoms with Gasteiger partial charge in [-0.2, -0.15) is 4.68 Å². The number of phenolic OH excluding ortho intramolecular Hbond substituents is 1. The van der Waals surface area contributed by atoms with Gasteiger partial charge in [-0.05, 0) is 54.1 Å². The standard InChI is InChI=1S/C14H13N5O2S/c1-8-9(2)22-14(19-7-15-17-18-19)12(8)13(21)16-10-3-5-11(20)6-4-10/h3-7,20H,1-2H3,(H,16,21). The van der Waals surface area contributed by atoms with E-state index >= 15 is 0 Å². The molecule has 2 heterocycles. The summed E-state index contributed by atoms with van der Waals surface area (Å²) >= 11 is 1.46. The highest BCUT2D eigenvalue weighted by atomic mass is 32.1. The number of benzene rings is 1. The molecule has 22 heavy (non-hydrogen) atoms. The third-order valence-electron chi connectivity index (χ3n) is 3.28. The van der Waals surface area contributed by atoms with Crippen LogP contribution in [0.2, 0.25) is 0 Å². The number of nitrogens with one attached hydrogen (secondary N) is 1. The normalized spacial score (nSPS) is 10.6. The van der Waals surface area contributed by atoms with E-state index in [1.165, 1.54) is 34.5 Å². The minimum Gasteiger partial charge on any atom is -0.508 e. The lowest BCUT2D eigenvalue weighted by Gasteiger charge is -2.07. The lowest BCUT2D eigenvalue weighted by molar-refractivity contribution is 0.102. The van der Waals surface area contributed by atoms with Crippen molar-refractivity contribution in [2.75, 3.05) is 5.32 Å². The fraction of sp³-hybridized carbons (Fsp3) is 0.143. The number of hydrogen-bond donors (Lipinski definition) is 2. The van der Waals surface area contributed by atoms with Gasteiger partial charge in [0.2, 0.25) is 0 Å². The van der Waals surface area contributed by atoms with Gasteiger partial charge in [0.1, 0.15) is 17.1 Å². The van der Waals surface area contributed by atoms with Crippen LogP contribution in [0.5, 0.6) is 5.75 Å². The molecule has 3 rings (SSSR count). The van der Waals surface area contributed by atoms with E-state index in [1.54, 1.807) is 12.1 Å². The topological polar surface area (TPSA) is 92.9 Å². The molecule has 0 aliphatic rings. The van der Waals surface area contributed by atoms with Gasteiger partial charge in [0, 0.05) is 10.6 Å². The van der Waals surface area contributed by atoms with Gasteiger partial charge in [-0.15, -0.1) is 16.4 Å². The fourth-order valence-electron chi connectivity index (χ4n) is 2.03. The molecule has 0 radical (unpaired) electrons. The van der Waals surface area contributed by atoms with Crippen molar-refractivity contribution in [1.29, 1.82) is 0 Å². The molecule has 0 saturated carbocycles. The number of tetrazole rings is 1. The number of aryl methyl sites for hydroxylation is 1. The minimum absolute atomic E-state index is 0.148. The van der Waals surface area contributed by atoms with E-state index < -0.39 is 0 Å². The Balaban J connectivity index is 1.97. The zero-order chi connectivity index (χ0) is 15.7. The smallest absolute Gasteiger partial charge is 0.259 e. The number of rotatable bonds is 3. The van der Waals surface area contributed by atoms with Crippen molar-refractivity contribution in [2.24, 2.45) is 0 Å². The highest BCUT2D eigenvalue weighted by Gasteiger charge is 2.21.